The van der Waals surface area contributed by atoms with Gasteiger partial charge in [0.05, 0.1) is 12.7 Å². The summed E-state index contributed by atoms with van der Waals surface area (Å²) in [6.07, 6.45) is 0.775. The van der Waals surface area contributed by atoms with Crippen LogP contribution in [0.25, 0.3) is 0 Å². The van der Waals surface area contributed by atoms with E-state index in [1.807, 2.05) is 0 Å². The van der Waals surface area contributed by atoms with E-state index < -0.39 is 0 Å². The summed E-state index contributed by atoms with van der Waals surface area (Å²) >= 11 is 5.99. The third-order valence-electron chi connectivity index (χ3n) is 4.91. The Morgan fingerprint density at radius 2 is 1.81 bits per heavy atom. The largest absolute Gasteiger partial charge is 0.496 e. The van der Waals surface area contributed by atoms with E-state index in [0.29, 0.717) is 22.9 Å². The number of amides is 1. The van der Waals surface area contributed by atoms with E-state index in [0.717, 1.165) is 32.6 Å². The minimum atomic E-state index is -0.177. The molecule has 2 aromatic carbocycles. The molecule has 0 saturated carbocycles. The van der Waals surface area contributed by atoms with Gasteiger partial charge in [-0.1, -0.05) is 23.7 Å². The number of benzene rings is 2. The lowest BCUT2D eigenvalue weighted by Crippen LogP contribution is -2.44. The fourth-order valence-electron chi connectivity index (χ4n) is 3.21. The summed E-state index contributed by atoms with van der Waals surface area (Å²) in [6, 6.07) is 13.7. The number of rotatable bonds is 6. The molecule has 1 aliphatic rings. The molecule has 2 aromatic rings. The second-order valence-electron chi connectivity index (χ2n) is 6.81. The highest BCUT2D eigenvalue weighted by molar-refractivity contribution is 6.31. The average molecular weight is 388 g/mol. The summed E-state index contributed by atoms with van der Waals surface area (Å²) < 4.78 is 5.24. The van der Waals surface area contributed by atoms with E-state index in [-0.39, 0.29) is 5.91 Å². The van der Waals surface area contributed by atoms with Crippen LogP contribution in [0.4, 0.5) is 5.69 Å². The molecule has 0 aliphatic carbocycles. The highest BCUT2D eigenvalue weighted by Crippen LogP contribution is 2.22. The van der Waals surface area contributed by atoms with E-state index in [2.05, 4.69) is 46.4 Å². The molecule has 3 rings (SSSR count). The van der Waals surface area contributed by atoms with Gasteiger partial charge in [-0.05, 0) is 49.4 Å². The molecule has 1 amide bonds. The third-order valence-corrected chi connectivity index (χ3v) is 5.15. The predicted molar refractivity (Wildman–Crippen MR) is 110 cm³/mol. The van der Waals surface area contributed by atoms with Gasteiger partial charge < -0.3 is 19.9 Å². The number of ether oxygens (including phenoxy) is 1. The van der Waals surface area contributed by atoms with Crippen molar-refractivity contribution >= 4 is 23.2 Å². The van der Waals surface area contributed by atoms with Crippen molar-refractivity contribution in [2.24, 2.45) is 0 Å². The molecule has 1 aliphatic heterocycles. The molecule has 1 N–H and O–H groups in total. The number of likely N-dealkylation sites (N-methyl/N-ethyl adjacent to an activating group) is 1. The molecule has 0 spiro atoms. The number of hydrogen-bond acceptors (Lipinski definition) is 4. The zero-order valence-corrected chi connectivity index (χ0v) is 16.6. The summed E-state index contributed by atoms with van der Waals surface area (Å²) in [5.41, 5.74) is 2.92. The number of halogens is 1. The molecule has 1 fully saturated rings. The van der Waals surface area contributed by atoms with Gasteiger partial charge >= 0.3 is 0 Å². The monoisotopic (exact) mass is 387 g/mol. The van der Waals surface area contributed by atoms with Gasteiger partial charge in [0.15, 0.2) is 0 Å². The van der Waals surface area contributed by atoms with Gasteiger partial charge in [-0.15, -0.1) is 0 Å². The van der Waals surface area contributed by atoms with Gasteiger partial charge in [-0.3, -0.25) is 4.79 Å². The number of carbonyl (C=O) groups excluding carboxylic acids is 1. The summed E-state index contributed by atoms with van der Waals surface area (Å²) in [4.78, 5) is 17.2. The van der Waals surface area contributed by atoms with Crippen molar-refractivity contribution in [1.29, 1.82) is 0 Å². The number of anilines is 1. The van der Waals surface area contributed by atoms with Crippen molar-refractivity contribution in [3.63, 3.8) is 0 Å². The average Bonchev–Trinajstić information content (AvgIpc) is 2.69. The molecule has 27 heavy (non-hydrogen) atoms. The van der Waals surface area contributed by atoms with Crippen LogP contribution in [0.2, 0.25) is 5.02 Å². The first-order valence-corrected chi connectivity index (χ1v) is 9.59. The number of nitrogens with one attached hydrogen (secondary N) is 1. The Balaban J connectivity index is 1.52. The maximum absolute atomic E-state index is 12.4. The maximum Gasteiger partial charge on any atom is 0.255 e. The van der Waals surface area contributed by atoms with Crippen molar-refractivity contribution in [3.8, 4) is 5.75 Å². The second-order valence-corrected chi connectivity index (χ2v) is 7.24. The molecular weight excluding hydrogens is 362 g/mol. The van der Waals surface area contributed by atoms with E-state index in [4.69, 9.17) is 16.3 Å². The smallest absolute Gasteiger partial charge is 0.255 e. The van der Waals surface area contributed by atoms with Crippen LogP contribution in [0.1, 0.15) is 15.9 Å². The summed E-state index contributed by atoms with van der Waals surface area (Å²) in [5, 5.41) is 3.45. The molecule has 0 radical (unpaired) electrons. The van der Waals surface area contributed by atoms with Crippen LogP contribution in [-0.2, 0) is 6.42 Å². The molecule has 1 saturated heterocycles. The van der Waals surface area contributed by atoms with Crippen LogP contribution < -0.4 is 15.0 Å². The van der Waals surface area contributed by atoms with E-state index in [1.165, 1.54) is 11.3 Å². The number of hydrogen-bond donors (Lipinski definition) is 1. The first-order valence-electron chi connectivity index (χ1n) is 9.21. The Labute approximate surface area is 165 Å². The fraction of sp³-hybridized carbons (Fsp3) is 0.381. The zero-order chi connectivity index (χ0) is 19.2. The van der Waals surface area contributed by atoms with Crippen LogP contribution in [-0.4, -0.2) is 57.7 Å². The Morgan fingerprint density at radius 1 is 1.11 bits per heavy atom. The van der Waals surface area contributed by atoms with Crippen LogP contribution in [0.3, 0.4) is 0 Å². The second kappa shape index (κ2) is 9.11. The number of carbonyl (C=O) groups is 1. The number of methoxy groups -OCH3 is 1. The minimum Gasteiger partial charge on any atom is -0.496 e. The first-order chi connectivity index (χ1) is 13.1. The van der Waals surface area contributed by atoms with E-state index in [1.54, 1.807) is 25.3 Å². The summed E-state index contributed by atoms with van der Waals surface area (Å²) in [6.45, 7) is 4.88. The van der Waals surface area contributed by atoms with Gasteiger partial charge in [-0.25, -0.2) is 0 Å². The number of piperazine rings is 1. The fourth-order valence-corrected chi connectivity index (χ4v) is 3.38. The Kier molecular flexibility index (Phi) is 6.58. The lowest BCUT2D eigenvalue weighted by Gasteiger charge is -2.34. The van der Waals surface area contributed by atoms with Gasteiger partial charge in [0, 0.05) is 43.4 Å². The Morgan fingerprint density at radius 3 is 2.48 bits per heavy atom. The van der Waals surface area contributed by atoms with Crippen LogP contribution in [0, 0.1) is 0 Å². The zero-order valence-electron chi connectivity index (χ0n) is 15.9. The molecule has 0 bridgehead atoms. The topological polar surface area (TPSA) is 44.8 Å². The van der Waals surface area contributed by atoms with Crippen LogP contribution >= 0.6 is 11.6 Å². The van der Waals surface area contributed by atoms with Gasteiger partial charge in [0.25, 0.3) is 5.91 Å². The molecule has 6 heteroatoms. The molecule has 144 valence electrons. The van der Waals surface area contributed by atoms with E-state index >= 15 is 0 Å². The van der Waals surface area contributed by atoms with Crippen LogP contribution in [0.5, 0.6) is 5.75 Å². The highest BCUT2D eigenvalue weighted by atomic mass is 35.5. The minimum absolute atomic E-state index is 0.177. The number of nitrogens with zero attached hydrogens (tertiary/aromatic N) is 2. The predicted octanol–water partition coefficient (Wildman–Crippen LogP) is 3.07. The third kappa shape index (κ3) is 5.15. The molecule has 0 unspecified atom stereocenters. The van der Waals surface area contributed by atoms with Crippen molar-refractivity contribution in [2.45, 2.75) is 6.42 Å². The lowest BCUT2D eigenvalue weighted by atomic mass is 10.1. The Bertz CT molecular complexity index is 771. The first kappa shape index (κ1) is 19.5. The Hall–Kier alpha value is -2.24. The van der Waals surface area contributed by atoms with Gasteiger partial charge in [0.1, 0.15) is 5.75 Å². The van der Waals surface area contributed by atoms with E-state index in [9.17, 15) is 4.79 Å². The maximum atomic E-state index is 12.4. The molecule has 1 heterocycles. The van der Waals surface area contributed by atoms with Crippen molar-refractivity contribution in [2.75, 3.05) is 51.8 Å². The SMILES string of the molecule is COc1ccc(Cl)cc1C(=O)NCCc1ccc(N2CCN(C)CC2)cc1. The molecule has 5 nitrogen and oxygen atoms in total. The molecular formula is C21H26ClN3O2. The standard InChI is InChI=1S/C21H26ClN3O2/c1-24-11-13-25(14-12-24)18-6-3-16(4-7-18)9-10-23-21(26)19-15-17(22)5-8-20(19)27-2/h3-8,15H,9-14H2,1-2H3,(H,23,26). The van der Waals surface area contributed by atoms with Gasteiger partial charge in [0.2, 0.25) is 0 Å². The lowest BCUT2D eigenvalue weighted by molar-refractivity contribution is 0.0951. The van der Waals surface area contributed by atoms with Crippen molar-refractivity contribution in [3.05, 3.63) is 58.6 Å². The summed E-state index contributed by atoms with van der Waals surface area (Å²) in [7, 11) is 3.70. The quantitative estimate of drug-likeness (QED) is 0.827. The van der Waals surface area contributed by atoms with Crippen LogP contribution in [0.15, 0.2) is 42.5 Å². The van der Waals surface area contributed by atoms with Crippen molar-refractivity contribution < 1.29 is 9.53 Å². The normalized spacial score (nSPS) is 14.9. The molecule has 0 aromatic heterocycles. The van der Waals surface area contributed by atoms with Gasteiger partial charge in [-0.2, -0.15) is 0 Å². The summed E-state index contributed by atoms with van der Waals surface area (Å²) in [5.74, 6) is 0.344. The molecule has 0 atom stereocenters. The van der Waals surface area contributed by atoms with Crippen molar-refractivity contribution in [1.82, 2.24) is 10.2 Å². The highest BCUT2D eigenvalue weighted by Gasteiger charge is 2.14.